The van der Waals surface area contributed by atoms with E-state index < -0.39 is 0 Å². The summed E-state index contributed by atoms with van der Waals surface area (Å²) in [5, 5.41) is -0.0466. The van der Waals surface area contributed by atoms with Crippen LogP contribution < -0.4 is 0 Å². The summed E-state index contributed by atoms with van der Waals surface area (Å²) in [6, 6.07) is 4.49. The molecule has 3 nitrogen and oxygen atoms in total. The lowest BCUT2D eigenvalue weighted by molar-refractivity contribution is 0.143. The predicted octanol–water partition coefficient (Wildman–Crippen LogP) is 2.59. The molecule has 2 heterocycles. The topological polar surface area (TPSA) is 19.6 Å². The number of halogens is 1. The van der Waals surface area contributed by atoms with E-state index in [4.69, 9.17) is 16.0 Å². The van der Waals surface area contributed by atoms with Crippen molar-refractivity contribution >= 4 is 11.6 Å². The summed E-state index contributed by atoms with van der Waals surface area (Å²) in [4.78, 5) is 4.75. The molecule has 1 saturated heterocycles. The van der Waals surface area contributed by atoms with E-state index in [1.165, 1.54) is 25.9 Å². The van der Waals surface area contributed by atoms with E-state index in [0.717, 1.165) is 12.3 Å². The monoisotopic (exact) mass is 256 g/mol. The molecule has 0 N–H and O–H groups in total. The fraction of sp³-hybridized carbons (Fsp3) is 0.692. The van der Waals surface area contributed by atoms with Gasteiger partial charge in [0.15, 0.2) is 0 Å². The average molecular weight is 257 g/mol. The minimum absolute atomic E-state index is 0.0466. The van der Waals surface area contributed by atoms with E-state index in [1.807, 2.05) is 12.1 Å². The van der Waals surface area contributed by atoms with Crippen molar-refractivity contribution in [2.24, 2.45) is 0 Å². The predicted molar refractivity (Wildman–Crippen MR) is 70.5 cm³/mol. The van der Waals surface area contributed by atoms with Crippen molar-refractivity contribution < 1.29 is 4.42 Å². The zero-order valence-corrected chi connectivity index (χ0v) is 11.4. The van der Waals surface area contributed by atoms with Crippen LogP contribution in [0.1, 0.15) is 24.0 Å². The van der Waals surface area contributed by atoms with Crippen LogP contribution in [0.5, 0.6) is 0 Å². The molecule has 4 heteroatoms. The molecule has 0 bridgehead atoms. The number of hydrogen-bond donors (Lipinski definition) is 0. The molecule has 0 amide bonds. The Morgan fingerprint density at radius 2 is 2.24 bits per heavy atom. The quantitative estimate of drug-likeness (QED) is 0.772. The molecule has 0 spiro atoms. The fourth-order valence-corrected chi connectivity index (χ4v) is 2.74. The summed E-state index contributed by atoms with van der Waals surface area (Å²) < 4.78 is 5.33. The Kier molecular flexibility index (Phi) is 4.48. The second-order valence-electron chi connectivity index (χ2n) is 4.96. The average Bonchev–Trinajstić information content (AvgIpc) is 2.83. The fourth-order valence-electron chi connectivity index (χ4n) is 2.40. The van der Waals surface area contributed by atoms with Crippen molar-refractivity contribution in [1.29, 1.82) is 0 Å². The van der Waals surface area contributed by atoms with Crippen LogP contribution in [0.15, 0.2) is 22.8 Å². The zero-order valence-electron chi connectivity index (χ0n) is 10.6. The van der Waals surface area contributed by atoms with Crippen molar-refractivity contribution in [3.8, 4) is 0 Å². The number of hydrogen-bond acceptors (Lipinski definition) is 3. The lowest BCUT2D eigenvalue weighted by Crippen LogP contribution is -2.42. The standard InChI is InChI=1S/C13H21ClN2O/c1-15-7-5-11(6-8-15)16(2)10-12(14)13-4-3-9-17-13/h3-4,9,11-12H,5-8,10H2,1-2H3. The van der Waals surface area contributed by atoms with Crippen LogP contribution in [-0.2, 0) is 0 Å². The van der Waals surface area contributed by atoms with Gasteiger partial charge in [-0.3, -0.25) is 0 Å². The summed E-state index contributed by atoms with van der Waals surface area (Å²) in [5.41, 5.74) is 0. The van der Waals surface area contributed by atoms with Gasteiger partial charge in [-0.25, -0.2) is 0 Å². The molecule has 0 radical (unpaired) electrons. The van der Waals surface area contributed by atoms with Crippen LogP contribution in [0.4, 0.5) is 0 Å². The number of alkyl halides is 1. The highest BCUT2D eigenvalue weighted by molar-refractivity contribution is 6.20. The van der Waals surface area contributed by atoms with Gasteiger partial charge >= 0.3 is 0 Å². The first-order valence-electron chi connectivity index (χ1n) is 6.23. The molecule has 1 aromatic rings. The summed E-state index contributed by atoms with van der Waals surface area (Å²) in [5.74, 6) is 0.867. The first kappa shape index (κ1) is 12.9. The molecule has 0 saturated carbocycles. The molecule has 0 aliphatic carbocycles. The van der Waals surface area contributed by atoms with Gasteiger partial charge in [-0.05, 0) is 52.2 Å². The molecular formula is C13H21ClN2O. The summed E-state index contributed by atoms with van der Waals surface area (Å²) in [6.07, 6.45) is 4.14. The Balaban J connectivity index is 1.82. The van der Waals surface area contributed by atoms with Crippen molar-refractivity contribution in [3.63, 3.8) is 0 Å². The number of piperidine rings is 1. The zero-order chi connectivity index (χ0) is 12.3. The Morgan fingerprint density at radius 3 is 2.82 bits per heavy atom. The lowest BCUT2D eigenvalue weighted by Gasteiger charge is -2.35. The van der Waals surface area contributed by atoms with Gasteiger partial charge in [-0.15, -0.1) is 11.6 Å². The maximum Gasteiger partial charge on any atom is 0.122 e. The maximum absolute atomic E-state index is 6.34. The number of nitrogens with zero attached hydrogens (tertiary/aromatic N) is 2. The maximum atomic E-state index is 6.34. The molecule has 96 valence electrons. The Morgan fingerprint density at radius 1 is 1.53 bits per heavy atom. The molecule has 1 aliphatic rings. The van der Waals surface area contributed by atoms with Gasteiger partial charge in [0, 0.05) is 12.6 Å². The van der Waals surface area contributed by atoms with Crippen LogP contribution in [0, 0.1) is 0 Å². The minimum atomic E-state index is -0.0466. The lowest BCUT2D eigenvalue weighted by atomic mass is 10.0. The smallest absolute Gasteiger partial charge is 0.122 e. The van der Waals surface area contributed by atoms with Gasteiger partial charge in [0.05, 0.1) is 6.26 Å². The van der Waals surface area contributed by atoms with Gasteiger partial charge in [0.2, 0.25) is 0 Å². The van der Waals surface area contributed by atoms with Crippen LogP contribution >= 0.6 is 11.6 Å². The Hall–Kier alpha value is -0.510. The molecule has 2 rings (SSSR count). The van der Waals surface area contributed by atoms with Gasteiger partial charge in [-0.1, -0.05) is 0 Å². The molecule has 1 fully saturated rings. The molecule has 1 aliphatic heterocycles. The highest BCUT2D eigenvalue weighted by Gasteiger charge is 2.23. The summed E-state index contributed by atoms with van der Waals surface area (Å²) in [6.45, 7) is 3.22. The van der Waals surface area contributed by atoms with Crippen molar-refractivity contribution in [2.75, 3.05) is 33.7 Å². The SMILES string of the molecule is CN1CCC(N(C)CC(Cl)c2ccco2)CC1. The summed E-state index contributed by atoms with van der Waals surface area (Å²) in [7, 11) is 4.34. The molecular weight excluding hydrogens is 236 g/mol. The van der Waals surface area contributed by atoms with Gasteiger partial charge < -0.3 is 14.2 Å². The van der Waals surface area contributed by atoms with E-state index in [0.29, 0.717) is 6.04 Å². The first-order chi connectivity index (χ1) is 8.16. The van der Waals surface area contributed by atoms with Crippen molar-refractivity contribution in [2.45, 2.75) is 24.3 Å². The highest BCUT2D eigenvalue weighted by atomic mass is 35.5. The first-order valence-corrected chi connectivity index (χ1v) is 6.66. The Bertz CT molecular complexity index is 320. The van der Waals surface area contributed by atoms with Crippen LogP contribution in [0.2, 0.25) is 0 Å². The van der Waals surface area contributed by atoms with Gasteiger partial charge in [0.1, 0.15) is 11.1 Å². The van der Waals surface area contributed by atoms with Crippen molar-refractivity contribution in [1.82, 2.24) is 9.80 Å². The van der Waals surface area contributed by atoms with Crippen molar-refractivity contribution in [3.05, 3.63) is 24.2 Å². The third-order valence-corrected chi connectivity index (χ3v) is 3.96. The number of likely N-dealkylation sites (tertiary alicyclic amines) is 1. The molecule has 1 unspecified atom stereocenters. The number of likely N-dealkylation sites (N-methyl/N-ethyl adjacent to an activating group) is 1. The Labute approximate surface area is 108 Å². The largest absolute Gasteiger partial charge is 0.468 e. The second kappa shape index (κ2) is 5.89. The molecule has 1 atom stereocenters. The van der Waals surface area contributed by atoms with E-state index in [1.54, 1.807) is 6.26 Å². The summed E-state index contributed by atoms with van der Waals surface area (Å²) >= 11 is 6.34. The van der Waals surface area contributed by atoms with Gasteiger partial charge in [0.25, 0.3) is 0 Å². The normalized spacial score (nSPS) is 20.9. The molecule has 17 heavy (non-hydrogen) atoms. The van der Waals surface area contributed by atoms with Crippen LogP contribution in [-0.4, -0.2) is 49.6 Å². The van der Waals surface area contributed by atoms with E-state index in [-0.39, 0.29) is 5.38 Å². The third-order valence-electron chi connectivity index (χ3n) is 3.61. The number of furan rings is 1. The van der Waals surface area contributed by atoms with E-state index in [2.05, 4.69) is 23.9 Å². The third kappa shape index (κ3) is 3.47. The molecule has 0 aromatic carbocycles. The van der Waals surface area contributed by atoms with Gasteiger partial charge in [-0.2, -0.15) is 0 Å². The van der Waals surface area contributed by atoms with E-state index in [9.17, 15) is 0 Å². The number of rotatable bonds is 4. The minimum Gasteiger partial charge on any atom is -0.468 e. The van der Waals surface area contributed by atoms with E-state index >= 15 is 0 Å². The van der Waals surface area contributed by atoms with Crippen LogP contribution in [0.3, 0.4) is 0 Å². The van der Waals surface area contributed by atoms with Crippen LogP contribution in [0.25, 0.3) is 0 Å². The highest BCUT2D eigenvalue weighted by Crippen LogP contribution is 2.24. The second-order valence-corrected chi connectivity index (χ2v) is 5.48. The molecule has 1 aromatic heterocycles.